The molecule has 1 aromatic heterocycles. The van der Waals surface area contributed by atoms with E-state index in [0.29, 0.717) is 31.5 Å². The van der Waals surface area contributed by atoms with Crippen molar-refractivity contribution in [2.75, 3.05) is 13.1 Å². The van der Waals surface area contributed by atoms with Crippen LogP contribution in [0.15, 0.2) is 34.9 Å². The molecule has 0 unspecified atom stereocenters. The summed E-state index contributed by atoms with van der Waals surface area (Å²) in [5, 5.41) is 13.4. The monoisotopic (exact) mass is 391 g/mol. The highest BCUT2D eigenvalue weighted by molar-refractivity contribution is 9.10. The molecule has 1 aromatic carbocycles. The second-order valence-corrected chi connectivity index (χ2v) is 6.85. The molecule has 2 aromatic rings. The van der Waals surface area contributed by atoms with Gasteiger partial charge in [-0.15, -0.1) is 0 Å². The van der Waals surface area contributed by atoms with Crippen molar-refractivity contribution in [3.8, 4) is 5.69 Å². The van der Waals surface area contributed by atoms with Crippen molar-refractivity contribution in [2.24, 2.45) is 5.92 Å². The maximum atomic E-state index is 12.7. The predicted molar refractivity (Wildman–Crippen MR) is 92.3 cm³/mol. The van der Waals surface area contributed by atoms with Gasteiger partial charge < -0.3 is 10.0 Å². The fourth-order valence-electron chi connectivity index (χ4n) is 2.96. The summed E-state index contributed by atoms with van der Waals surface area (Å²) in [4.78, 5) is 25.5. The van der Waals surface area contributed by atoms with E-state index in [1.54, 1.807) is 15.8 Å². The van der Waals surface area contributed by atoms with Crippen molar-refractivity contribution in [1.82, 2.24) is 14.7 Å². The topological polar surface area (TPSA) is 75.4 Å². The van der Waals surface area contributed by atoms with Gasteiger partial charge in [-0.25, -0.2) is 4.68 Å². The number of halogens is 1. The molecule has 1 aliphatic heterocycles. The number of likely N-dealkylation sites (tertiary alicyclic amines) is 1. The van der Waals surface area contributed by atoms with Gasteiger partial charge in [0.25, 0.3) is 5.91 Å². The first-order valence-electron chi connectivity index (χ1n) is 7.80. The Balaban J connectivity index is 1.77. The van der Waals surface area contributed by atoms with Crippen molar-refractivity contribution < 1.29 is 14.7 Å². The Morgan fingerprint density at radius 1 is 1.21 bits per heavy atom. The number of benzene rings is 1. The Bertz CT molecular complexity index is 762. The van der Waals surface area contributed by atoms with Gasteiger partial charge in [0.1, 0.15) is 0 Å². The van der Waals surface area contributed by atoms with Crippen molar-refractivity contribution in [1.29, 1.82) is 0 Å². The Labute approximate surface area is 148 Å². The van der Waals surface area contributed by atoms with E-state index in [0.717, 1.165) is 15.9 Å². The van der Waals surface area contributed by atoms with Crippen molar-refractivity contribution in [3.63, 3.8) is 0 Å². The zero-order valence-electron chi connectivity index (χ0n) is 13.3. The van der Waals surface area contributed by atoms with E-state index < -0.39 is 5.97 Å². The van der Waals surface area contributed by atoms with E-state index in [9.17, 15) is 9.59 Å². The van der Waals surface area contributed by atoms with E-state index in [4.69, 9.17) is 5.11 Å². The average Bonchev–Trinajstić information content (AvgIpc) is 2.96. The van der Waals surface area contributed by atoms with E-state index in [1.807, 2.05) is 31.2 Å². The van der Waals surface area contributed by atoms with Gasteiger partial charge in [-0.05, 0) is 44.0 Å². The SMILES string of the molecule is Cc1c(C(=O)N2CCC(C(=O)O)CC2)cnn1-c1ccc(Br)cc1. The van der Waals surface area contributed by atoms with Crippen LogP contribution in [0.5, 0.6) is 0 Å². The molecule has 0 radical (unpaired) electrons. The van der Waals surface area contributed by atoms with Gasteiger partial charge in [0.15, 0.2) is 0 Å². The van der Waals surface area contributed by atoms with Crippen LogP contribution in [0, 0.1) is 12.8 Å². The van der Waals surface area contributed by atoms with Crippen LogP contribution in [-0.2, 0) is 4.79 Å². The van der Waals surface area contributed by atoms with Crippen LogP contribution in [0.3, 0.4) is 0 Å². The number of hydrogen-bond acceptors (Lipinski definition) is 3. The lowest BCUT2D eigenvalue weighted by Gasteiger charge is -2.30. The molecule has 24 heavy (non-hydrogen) atoms. The number of aromatic nitrogens is 2. The Hall–Kier alpha value is -2.15. The molecule has 126 valence electrons. The summed E-state index contributed by atoms with van der Waals surface area (Å²) in [5.74, 6) is -1.21. The number of piperidine rings is 1. The third kappa shape index (κ3) is 3.21. The summed E-state index contributed by atoms with van der Waals surface area (Å²) in [6, 6.07) is 7.70. The molecule has 1 N–H and O–H groups in total. The molecule has 1 saturated heterocycles. The van der Waals surface area contributed by atoms with Gasteiger partial charge in [-0.3, -0.25) is 9.59 Å². The van der Waals surface area contributed by atoms with Gasteiger partial charge in [-0.1, -0.05) is 15.9 Å². The fraction of sp³-hybridized carbons (Fsp3) is 0.353. The number of nitrogens with zero attached hydrogens (tertiary/aromatic N) is 3. The molecule has 1 amide bonds. The molecule has 0 atom stereocenters. The zero-order valence-corrected chi connectivity index (χ0v) is 14.9. The summed E-state index contributed by atoms with van der Waals surface area (Å²) in [6.45, 7) is 2.81. The molecular weight excluding hydrogens is 374 g/mol. The molecule has 6 nitrogen and oxygen atoms in total. The summed E-state index contributed by atoms with van der Waals surface area (Å²) in [5.41, 5.74) is 2.23. The molecule has 3 rings (SSSR count). The molecule has 0 bridgehead atoms. The highest BCUT2D eigenvalue weighted by atomic mass is 79.9. The summed E-state index contributed by atoms with van der Waals surface area (Å²) < 4.78 is 2.72. The summed E-state index contributed by atoms with van der Waals surface area (Å²) in [7, 11) is 0. The number of rotatable bonds is 3. The van der Waals surface area contributed by atoms with Gasteiger partial charge in [0.05, 0.1) is 29.1 Å². The molecule has 7 heteroatoms. The number of carbonyl (C=O) groups is 2. The summed E-state index contributed by atoms with van der Waals surface area (Å²) in [6.07, 6.45) is 2.59. The number of carboxylic acid groups (broad SMARTS) is 1. The minimum absolute atomic E-state index is 0.0836. The van der Waals surface area contributed by atoms with E-state index >= 15 is 0 Å². The molecule has 2 heterocycles. The molecule has 1 fully saturated rings. The second kappa shape index (κ2) is 6.76. The number of amides is 1. The Morgan fingerprint density at radius 2 is 1.83 bits per heavy atom. The highest BCUT2D eigenvalue weighted by Crippen LogP contribution is 2.22. The lowest BCUT2D eigenvalue weighted by atomic mass is 9.96. The lowest BCUT2D eigenvalue weighted by Crippen LogP contribution is -2.40. The minimum atomic E-state index is -0.777. The quantitative estimate of drug-likeness (QED) is 0.872. The van der Waals surface area contributed by atoms with Gasteiger partial charge in [-0.2, -0.15) is 5.10 Å². The lowest BCUT2D eigenvalue weighted by molar-refractivity contribution is -0.143. The van der Waals surface area contributed by atoms with E-state index in [2.05, 4.69) is 21.0 Å². The van der Waals surface area contributed by atoms with Crippen LogP contribution >= 0.6 is 15.9 Å². The minimum Gasteiger partial charge on any atom is -0.481 e. The Morgan fingerprint density at radius 3 is 2.42 bits per heavy atom. The molecular formula is C17H18BrN3O3. The third-order valence-corrected chi connectivity index (χ3v) is 4.97. The first kappa shape index (κ1) is 16.7. The maximum Gasteiger partial charge on any atom is 0.306 e. The van der Waals surface area contributed by atoms with Gasteiger partial charge in [0.2, 0.25) is 0 Å². The van der Waals surface area contributed by atoms with Crippen molar-refractivity contribution in [3.05, 3.63) is 46.2 Å². The zero-order chi connectivity index (χ0) is 17.3. The van der Waals surface area contributed by atoms with E-state index in [1.165, 1.54) is 0 Å². The molecule has 0 aliphatic carbocycles. The normalized spacial score (nSPS) is 15.5. The Kier molecular flexibility index (Phi) is 4.71. The third-order valence-electron chi connectivity index (χ3n) is 4.44. The molecule has 0 spiro atoms. The fourth-order valence-corrected chi connectivity index (χ4v) is 3.23. The predicted octanol–water partition coefficient (Wildman–Crippen LogP) is 2.88. The number of carbonyl (C=O) groups excluding carboxylic acids is 1. The van der Waals surface area contributed by atoms with Crippen LogP contribution in [0.2, 0.25) is 0 Å². The highest BCUT2D eigenvalue weighted by Gasteiger charge is 2.29. The maximum absolute atomic E-state index is 12.7. The van der Waals surface area contributed by atoms with Crippen molar-refractivity contribution in [2.45, 2.75) is 19.8 Å². The van der Waals surface area contributed by atoms with Crippen LogP contribution < -0.4 is 0 Å². The first-order valence-corrected chi connectivity index (χ1v) is 8.59. The van der Waals surface area contributed by atoms with Crippen LogP contribution in [0.4, 0.5) is 0 Å². The first-order chi connectivity index (χ1) is 11.5. The van der Waals surface area contributed by atoms with E-state index in [-0.39, 0.29) is 11.8 Å². The second-order valence-electron chi connectivity index (χ2n) is 5.94. The average molecular weight is 392 g/mol. The van der Waals surface area contributed by atoms with Gasteiger partial charge >= 0.3 is 5.97 Å². The molecule has 0 saturated carbocycles. The molecule has 1 aliphatic rings. The van der Waals surface area contributed by atoms with Crippen LogP contribution in [-0.4, -0.2) is 44.8 Å². The van der Waals surface area contributed by atoms with Crippen LogP contribution in [0.1, 0.15) is 28.9 Å². The van der Waals surface area contributed by atoms with Gasteiger partial charge in [0, 0.05) is 17.6 Å². The van der Waals surface area contributed by atoms with Crippen molar-refractivity contribution >= 4 is 27.8 Å². The summed E-state index contributed by atoms with van der Waals surface area (Å²) >= 11 is 3.40. The standard InChI is InChI=1S/C17H18BrN3O3/c1-11-15(10-19-21(11)14-4-2-13(18)3-5-14)16(22)20-8-6-12(7-9-20)17(23)24/h2-5,10,12H,6-9H2,1H3,(H,23,24). The number of carboxylic acids is 1. The number of hydrogen-bond donors (Lipinski definition) is 1. The van der Waals surface area contributed by atoms with Crippen LogP contribution in [0.25, 0.3) is 5.69 Å². The largest absolute Gasteiger partial charge is 0.481 e. The number of aliphatic carboxylic acids is 1. The smallest absolute Gasteiger partial charge is 0.306 e.